The van der Waals surface area contributed by atoms with Gasteiger partial charge in [0.15, 0.2) is 69.8 Å². The van der Waals surface area contributed by atoms with Crippen LogP contribution < -0.4 is 0 Å². The molecular formula is C61H78F12. The third-order valence-electron chi connectivity index (χ3n) is 16.3. The standard InChI is InChI=1S/C17H23F3.C16H21F3.C15H19F3.C13H15F3/c1-2-3-4-5-12-6-8-13(9-7-12)14-10-15(18)17(20)16(19)11-14;1-2-3-4-11-5-7-12(8-6-11)13-9-14(17)16(19)15(18)10-13;1-2-3-10-4-6-11(7-5-10)12-8-13(16)15(18)14(17)9-12;1-8-2-4-9(5-3-8)10-6-11(14)13(16)12(15)7-10/h10-13H,2-9H2,1H3;9-12H,2-8H2,1H3;8-11H,2-7H2,1H3;6-9H,2-5H2,1H3. The van der Waals surface area contributed by atoms with Crippen LogP contribution in [0.2, 0.25) is 0 Å². The van der Waals surface area contributed by atoms with Gasteiger partial charge in [0, 0.05) is 0 Å². The number of hydrogen-bond acceptors (Lipinski definition) is 0. The number of hydrogen-bond donors (Lipinski definition) is 0. The number of halogens is 12. The van der Waals surface area contributed by atoms with Gasteiger partial charge in [-0.15, -0.1) is 0 Å². The van der Waals surface area contributed by atoms with E-state index in [9.17, 15) is 52.7 Å². The van der Waals surface area contributed by atoms with Crippen LogP contribution in [0.25, 0.3) is 0 Å². The van der Waals surface area contributed by atoms with Crippen LogP contribution in [-0.4, -0.2) is 0 Å². The lowest BCUT2D eigenvalue weighted by Gasteiger charge is -2.29. The van der Waals surface area contributed by atoms with E-state index in [1.54, 1.807) is 0 Å². The van der Waals surface area contributed by atoms with E-state index in [0.29, 0.717) is 28.2 Å². The molecular weight excluding hydrogens is 961 g/mol. The van der Waals surface area contributed by atoms with Gasteiger partial charge in [-0.2, -0.15) is 0 Å². The molecule has 0 nitrogen and oxygen atoms in total. The number of unbranched alkanes of at least 4 members (excludes halogenated alkanes) is 3. The fraction of sp³-hybridized carbons (Fsp3) is 0.607. The fourth-order valence-corrected chi connectivity index (χ4v) is 11.8. The summed E-state index contributed by atoms with van der Waals surface area (Å²) in [7, 11) is 0. The van der Waals surface area contributed by atoms with Crippen molar-refractivity contribution in [2.75, 3.05) is 0 Å². The maximum absolute atomic E-state index is 13.3. The Morgan fingerprint density at radius 1 is 0.288 bits per heavy atom. The molecule has 4 aromatic carbocycles. The van der Waals surface area contributed by atoms with Gasteiger partial charge in [0.05, 0.1) is 0 Å². The van der Waals surface area contributed by atoms with Crippen LogP contribution >= 0.6 is 0 Å². The topological polar surface area (TPSA) is 0 Å². The van der Waals surface area contributed by atoms with Crippen molar-refractivity contribution in [3.63, 3.8) is 0 Å². The molecule has 4 aliphatic rings. The van der Waals surface area contributed by atoms with Crippen molar-refractivity contribution >= 4 is 0 Å². The lowest BCUT2D eigenvalue weighted by molar-refractivity contribution is 0.301. The molecule has 4 aromatic rings. The molecule has 0 aliphatic heterocycles. The minimum Gasteiger partial charge on any atom is -0.204 e. The molecule has 0 bridgehead atoms. The second-order valence-corrected chi connectivity index (χ2v) is 21.7. The normalized spacial score (nSPS) is 24.1. The highest BCUT2D eigenvalue weighted by atomic mass is 19.2. The molecule has 0 saturated heterocycles. The van der Waals surface area contributed by atoms with Gasteiger partial charge in [0.1, 0.15) is 0 Å². The SMILES string of the molecule is CC1CCC(c2cc(F)c(F)c(F)c2)CC1.CCCC1CCC(c2cc(F)c(F)c(F)c2)CC1.CCCCC1CCC(c2cc(F)c(F)c(F)c2)CC1.CCCCCC1CCC(c2cc(F)c(F)c(F)c2)CC1. The van der Waals surface area contributed by atoms with Gasteiger partial charge in [0.25, 0.3) is 0 Å². The van der Waals surface area contributed by atoms with Crippen molar-refractivity contribution in [1.29, 1.82) is 0 Å². The zero-order valence-corrected chi connectivity index (χ0v) is 43.5. The predicted molar refractivity (Wildman–Crippen MR) is 268 cm³/mol. The van der Waals surface area contributed by atoms with Gasteiger partial charge in [-0.05, 0) is 208 Å². The van der Waals surface area contributed by atoms with Gasteiger partial charge in [-0.3, -0.25) is 0 Å². The summed E-state index contributed by atoms with van der Waals surface area (Å²) in [5, 5.41) is 0. The van der Waals surface area contributed by atoms with Crippen LogP contribution in [0.1, 0.15) is 234 Å². The van der Waals surface area contributed by atoms with Crippen LogP contribution in [0, 0.1) is 93.5 Å². The molecule has 4 fully saturated rings. The number of rotatable bonds is 13. The molecule has 0 atom stereocenters. The Balaban J connectivity index is 0.000000181. The van der Waals surface area contributed by atoms with Crippen LogP contribution in [0.4, 0.5) is 52.7 Å². The summed E-state index contributed by atoms with van der Waals surface area (Å²) < 4.78 is 157. The van der Waals surface area contributed by atoms with E-state index in [-0.39, 0.29) is 23.7 Å². The Hall–Kier alpha value is -3.96. The molecule has 0 aromatic heterocycles. The Kier molecular flexibility index (Phi) is 24.6. The first-order valence-electron chi connectivity index (χ1n) is 27.5. The fourth-order valence-electron chi connectivity index (χ4n) is 11.8. The van der Waals surface area contributed by atoms with E-state index in [0.717, 1.165) is 157 Å². The Bertz CT molecular complexity index is 2190. The van der Waals surface area contributed by atoms with Crippen molar-refractivity contribution in [2.24, 2.45) is 23.7 Å². The molecule has 4 saturated carbocycles. The van der Waals surface area contributed by atoms with Crippen LogP contribution in [0.15, 0.2) is 48.5 Å². The summed E-state index contributed by atoms with van der Waals surface area (Å²) in [6.45, 7) is 8.75. The first-order chi connectivity index (χ1) is 34.9. The average molecular weight is 1040 g/mol. The maximum atomic E-state index is 13.3. The van der Waals surface area contributed by atoms with Gasteiger partial charge >= 0.3 is 0 Å². The van der Waals surface area contributed by atoms with Crippen molar-refractivity contribution < 1.29 is 52.7 Å². The van der Waals surface area contributed by atoms with E-state index in [4.69, 9.17) is 0 Å². The van der Waals surface area contributed by atoms with Crippen molar-refractivity contribution in [3.05, 3.63) is 141 Å². The summed E-state index contributed by atoms with van der Waals surface area (Å²) in [4.78, 5) is 0. The molecule has 8 rings (SSSR count). The average Bonchev–Trinajstić information content (AvgIpc) is 3.38. The van der Waals surface area contributed by atoms with Gasteiger partial charge < -0.3 is 0 Å². The molecule has 0 amide bonds. The smallest absolute Gasteiger partial charge is 0.194 e. The minimum absolute atomic E-state index is 0.181. The maximum Gasteiger partial charge on any atom is 0.194 e. The zero-order chi connectivity index (χ0) is 53.2. The predicted octanol–water partition coefficient (Wildman–Crippen LogP) is 21.1. The molecule has 0 radical (unpaired) electrons. The quantitative estimate of drug-likeness (QED) is 0.0711. The highest BCUT2D eigenvalue weighted by Gasteiger charge is 2.28. The Morgan fingerprint density at radius 3 is 0.767 bits per heavy atom. The van der Waals surface area contributed by atoms with Crippen molar-refractivity contribution in [1.82, 2.24) is 0 Å². The third-order valence-corrected chi connectivity index (χ3v) is 16.3. The van der Waals surface area contributed by atoms with Crippen LogP contribution in [-0.2, 0) is 0 Å². The van der Waals surface area contributed by atoms with Crippen molar-refractivity contribution in [3.8, 4) is 0 Å². The van der Waals surface area contributed by atoms with Gasteiger partial charge in [-0.1, -0.05) is 98.3 Å². The highest BCUT2D eigenvalue weighted by Crippen LogP contribution is 2.42. The zero-order valence-electron chi connectivity index (χ0n) is 43.5. The van der Waals surface area contributed by atoms with Gasteiger partial charge in [0.2, 0.25) is 0 Å². The molecule has 4 aliphatic carbocycles. The Morgan fingerprint density at radius 2 is 0.521 bits per heavy atom. The molecule has 12 heteroatoms. The van der Waals surface area contributed by atoms with E-state index in [1.807, 2.05) is 0 Å². The summed E-state index contributed by atoms with van der Waals surface area (Å²) >= 11 is 0. The van der Waals surface area contributed by atoms with Crippen LogP contribution in [0.3, 0.4) is 0 Å². The lowest BCUT2D eigenvalue weighted by atomic mass is 9.77. The summed E-state index contributed by atoms with van der Waals surface area (Å²) in [5.41, 5.74) is 2.45. The largest absolute Gasteiger partial charge is 0.204 e. The second-order valence-electron chi connectivity index (χ2n) is 21.7. The van der Waals surface area contributed by atoms with E-state index >= 15 is 0 Å². The van der Waals surface area contributed by atoms with Crippen LogP contribution in [0.5, 0.6) is 0 Å². The summed E-state index contributed by atoms with van der Waals surface area (Å²) in [5.74, 6) is -10.3. The Labute approximate surface area is 427 Å². The number of benzene rings is 4. The second kappa shape index (κ2) is 30.0. The van der Waals surface area contributed by atoms with E-state index in [1.165, 1.54) is 69.9 Å². The molecule has 406 valence electrons. The molecule has 73 heavy (non-hydrogen) atoms. The summed E-state index contributed by atoms with van der Waals surface area (Å²) in [6.07, 6.45) is 27.7. The third kappa shape index (κ3) is 18.1. The minimum atomic E-state index is -1.37. The van der Waals surface area contributed by atoms with Crippen molar-refractivity contribution in [2.45, 2.75) is 212 Å². The lowest BCUT2D eigenvalue weighted by Crippen LogP contribution is -2.14. The van der Waals surface area contributed by atoms with Gasteiger partial charge in [-0.25, -0.2) is 52.7 Å². The molecule has 0 N–H and O–H groups in total. The van der Waals surface area contributed by atoms with E-state index in [2.05, 4.69) is 27.7 Å². The monoisotopic (exact) mass is 1040 g/mol. The first-order valence-corrected chi connectivity index (χ1v) is 27.5. The highest BCUT2D eigenvalue weighted by molar-refractivity contribution is 5.26. The molecule has 0 spiro atoms. The molecule has 0 unspecified atom stereocenters. The first kappa shape index (κ1) is 59.9. The van der Waals surface area contributed by atoms with E-state index < -0.39 is 69.8 Å². The molecule has 0 heterocycles. The summed E-state index contributed by atoms with van der Waals surface area (Å²) in [6, 6.07) is 9.25.